The van der Waals surface area contributed by atoms with E-state index in [0.717, 1.165) is 13.1 Å². The van der Waals surface area contributed by atoms with Crippen LogP contribution in [0.3, 0.4) is 0 Å². The molecule has 1 unspecified atom stereocenters. The molecular formula is C15H27N3S. The van der Waals surface area contributed by atoms with Crippen LogP contribution >= 0.6 is 11.3 Å². The van der Waals surface area contributed by atoms with Gasteiger partial charge in [-0.25, -0.2) is 4.98 Å². The molecule has 0 aromatic carbocycles. The summed E-state index contributed by atoms with van der Waals surface area (Å²) in [5, 5.41) is 4.73. The van der Waals surface area contributed by atoms with Gasteiger partial charge in [-0.05, 0) is 44.8 Å². The fourth-order valence-corrected chi connectivity index (χ4v) is 3.55. The maximum absolute atomic E-state index is 4.60. The van der Waals surface area contributed by atoms with Gasteiger partial charge in [0.25, 0.3) is 0 Å². The molecule has 1 aliphatic heterocycles. The Balaban J connectivity index is 1.94. The van der Waals surface area contributed by atoms with Crippen molar-refractivity contribution in [2.45, 2.75) is 58.0 Å². The molecule has 2 heterocycles. The van der Waals surface area contributed by atoms with E-state index in [-0.39, 0.29) is 5.41 Å². The lowest BCUT2D eigenvalue weighted by Crippen LogP contribution is -2.31. The topological polar surface area (TPSA) is 28.2 Å². The van der Waals surface area contributed by atoms with E-state index < -0.39 is 0 Å². The molecule has 1 N–H and O–H groups in total. The van der Waals surface area contributed by atoms with Crippen molar-refractivity contribution in [3.63, 3.8) is 0 Å². The van der Waals surface area contributed by atoms with Gasteiger partial charge in [0.15, 0.2) is 0 Å². The molecule has 0 bridgehead atoms. The molecule has 1 saturated heterocycles. The second kappa shape index (κ2) is 6.33. The third-order valence-corrected chi connectivity index (χ3v) is 5.25. The smallest absolute Gasteiger partial charge is 0.107 e. The van der Waals surface area contributed by atoms with Gasteiger partial charge in [-0.2, -0.15) is 0 Å². The van der Waals surface area contributed by atoms with Gasteiger partial charge in [-0.3, -0.25) is 4.90 Å². The Labute approximate surface area is 121 Å². The maximum atomic E-state index is 4.60. The van der Waals surface area contributed by atoms with Gasteiger partial charge in [-0.15, -0.1) is 11.3 Å². The van der Waals surface area contributed by atoms with Crippen LogP contribution in [0.5, 0.6) is 0 Å². The van der Waals surface area contributed by atoms with Crippen molar-refractivity contribution < 1.29 is 0 Å². The Morgan fingerprint density at radius 3 is 2.84 bits per heavy atom. The van der Waals surface area contributed by atoms with Gasteiger partial charge in [0.1, 0.15) is 5.01 Å². The highest BCUT2D eigenvalue weighted by atomic mass is 32.1. The number of rotatable bonds is 3. The molecule has 0 amide bonds. The Bertz CT molecular complexity index is 386. The Morgan fingerprint density at radius 1 is 1.37 bits per heavy atom. The van der Waals surface area contributed by atoms with Crippen LogP contribution in [-0.4, -0.2) is 36.1 Å². The lowest BCUT2D eigenvalue weighted by molar-refractivity contribution is 0.216. The molecule has 0 spiro atoms. The molecule has 1 aromatic heterocycles. The van der Waals surface area contributed by atoms with E-state index in [1.54, 1.807) is 0 Å². The van der Waals surface area contributed by atoms with Gasteiger partial charge in [0.05, 0.1) is 6.54 Å². The van der Waals surface area contributed by atoms with Crippen molar-refractivity contribution in [1.82, 2.24) is 15.2 Å². The van der Waals surface area contributed by atoms with E-state index >= 15 is 0 Å². The molecule has 0 aliphatic carbocycles. The molecule has 19 heavy (non-hydrogen) atoms. The highest BCUT2D eigenvalue weighted by Crippen LogP contribution is 2.28. The zero-order chi connectivity index (χ0) is 13.9. The minimum absolute atomic E-state index is 0.223. The summed E-state index contributed by atoms with van der Waals surface area (Å²) in [6.45, 7) is 10.1. The molecular weight excluding hydrogens is 254 g/mol. The SMILES string of the molecule is CN(Cc1ncc(C(C)(C)C)s1)C1CCCNCC1. The lowest BCUT2D eigenvalue weighted by atomic mass is 9.96. The fraction of sp³-hybridized carbons (Fsp3) is 0.800. The first kappa shape index (κ1) is 14.9. The predicted octanol–water partition coefficient (Wildman–Crippen LogP) is 3.01. The van der Waals surface area contributed by atoms with Crippen LogP contribution in [0.1, 0.15) is 49.9 Å². The number of nitrogens with one attached hydrogen (secondary N) is 1. The van der Waals surface area contributed by atoms with Crippen molar-refractivity contribution >= 4 is 11.3 Å². The van der Waals surface area contributed by atoms with E-state index in [2.05, 4.69) is 49.2 Å². The second-order valence-corrected chi connectivity index (χ2v) is 7.73. The standard InChI is InChI=1S/C15H27N3S/c1-15(2,3)13-10-17-14(19-13)11-18(4)12-6-5-8-16-9-7-12/h10,12,16H,5-9,11H2,1-4H3. The average Bonchev–Trinajstić information content (AvgIpc) is 2.63. The highest BCUT2D eigenvalue weighted by Gasteiger charge is 2.20. The van der Waals surface area contributed by atoms with Crippen LogP contribution in [0.4, 0.5) is 0 Å². The van der Waals surface area contributed by atoms with Crippen LogP contribution in [0, 0.1) is 0 Å². The molecule has 0 saturated carbocycles. The first-order valence-electron chi connectivity index (χ1n) is 7.33. The number of aromatic nitrogens is 1. The summed E-state index contributed by atoms with van der Waals surface area (Å²) in [4.78, 5) is 8.47. The molecule has 4 heteroatoms. The molecule has 108 valence electrons. The Morgan fingerprint density at radius 2 is 2.16 bits per heavy atom. The van der Waals surface area contributed by atoms with Gasteiger partial charge in [-0.1, -0.05) is 20.8 Å². The van der Waals surface area contributed by atoms with Crippen LogP contribution in [0.15, 0.2) is 6.20 Å². The lowest BCUT2D eigenvalue weighted by Gasteiger charge is -2.25. The van der Waals surface area contributed by atoms with E-state index in [1.165, 1.54) is 35.7 Å². The number of nitrogens with zero attached hydrogens (tertiary/aromatic N) is 2. The number of hydrogen-bond acceptors (Lipinski definition) is 4. The summed E-state index contributed by atoms with van der Waals surface area (Å²) in [7, 11) is 2.24. The van der Waals surface area contributed by atoms with E-state index in [0.29, 0.717) is 6.04 Å². The minimum atomic E-state index is 0.223. The summed E-state index contributed by atoms with van der Waals surface area (Å²) < 4.78 is 0. The largest absolute Gasteiger partial charge is 0.317 e. The Hall–Kier alpha value is -0.450. The van der Waals surface area contributed by atoms with Crippen LogP contribution in [-0.2, 0) is 12.0 Å². The summed E-state index contributed by atoms with van der Waals surface area (Å²) in [5.41, 5.74) is 0.223. The third kappa shape index (κ3) is 4.26. The summed E-state index contributed by atoms with van der Waals surface area (Å²) in [6, 6.07) is 0.706. The van der Waals surface area contributed by atoms with Crippen molar-refractivity contribution in [3.8, 4) is 0 Å². The van der Waals surface area contributed by atoms with Crippen LogP contribution in [0.2, 0.25) is 0 Å². The molecule has 1 aromatic rings. The van der Waals surface area contributed by atoms with Gasteiger partial charge >= 0.3 is 0 Å². The monoisotopic (exact) mass is 281 g/mol. The van der Waals surface area contributed by atoms with Crippen molar-refractivity contribution in [2.75, 3.05) is 20.1 Å². The molecule has 2 rings (SSSR count). The van der Waals surface area contributed by atoms with Crippen LogP contribution < -0.4 is 5.32 Å². The molecule has 1 aliphatic rings. The van der Waals surface area contributed by atoms with E-state index in [9.17, 15) is 0 Å². The highest BCUT2D eigenvalue weighted by molar-refractivity contribution is 7.11. The average molecular weight is 281 g/mol. The Kier molecular flexibility index (Phi) is 4.98. The third-order valence-electron chi connectivity index (χ3n) is 3.85. The first-order chi connectivity index (χ1) is 8.97. The summed E-state index contributed by atoms with van der Waals surface area (Å²) in [6.07, 6.45) is 5.91. The molecule has 1 atom stereocenters. The zero-order valence-corrected chi connectivity index (χ0v) is 13.5. The molecule has 0 radical (unpaired) electrons. The van der Waals surface area contributed by atoms with Crippen molar-refractivity contribution in [2.24, 2.45) is 0 Å². The second-order valence-electron chi connectivity index (χ2n) is 6.62. The molecule has 3 nitrogen and oxygen atoms in total. The quantitative estimate of drug-likeness (QED) is 0.923. The van der Waals surface area contributed by atoms with Crippen LogP contribution in [0.25, 0.3) is 0 Å². The van der Waals surface area contributed by atoms with E-state index in [1.807, 2.05) is 11.3 Å². The normalized spacial score (nSPS) is 21.6. The zero-order valence-electron chi connectivity index (χ0n) is 12.7. The first-order valence-corrected chi connectivity index (χ1v) is 8.14. The van der Waals surface area contributed by atoms with Gasteiger partial charge in [0, 0.05) is 17.1 Å². The van der Waals surface area contributed by atoms with Crippen molar-refractivity contribution in [1.29, 1.82) is 0 Å². The summed E-state index contributed by atoms with van der Waals surface area (Å²) in [5.74, 6) is 0. The predicted molar refractivity (Wildman–Crippen MR) is 82.8 cm³/mol. The van der Waals surface area contributed by atoms with Gasteiger partial charge < -0.3 is 5.32 Å². The maximum Gasteiger partial charge on any atom is 0.107 e. The number of thiazole rings is 1. The van der Waals surface area contributed by atoms with Gasteiger partial charge in [0.2, 0.25) is 0 Å². The van der Waals surface area contributed by atoms with E-state index in [4.69, 9.17) is 0 Å². The minimum Gasteiger partial charge on any atom is -0.317 e. The molecule has 1 fully saturated rings. The van der Waals surface area contributed by atoms with Crippen molar-refractivity contribution in [3.05, 3.63) is 16.1 Å². The number of hydrogen-bond donors (Lipinski definition) is 1. The summed E-state index contributed by atoms with van der Waals surface area (Å²) >= 11 is 1.87. The fourth-order valence-electron chi connectivity index (χ4n) is 2.51.